The van der Waals surface area contributed by atoms with Gasteiger partial charge in [-0.1, -0.05) is 18.2 Å². The van der Waals surface area contributed by atoms with E-state index in [9.17, 15) is 14.4 Å². The number of hydrogen-bond donors (Lipinski definition) is 0. The Kier molecular flexibility index (Phi) is 2.60. The van der Waals surface area contributed by atoms with Crippen LogP contribution in [-0.2, 0) is 9.53 Å². The van der Waals surface area contributed by atoms with Gasteiger partial charge in [0.1, 0.15) is 0 Å². The highest BCUT2D eigenvalue weighted by atomic mass is 16.5. The van der Waals surface area contributed by atoms with Crippen molar-refractivity contribution in [1.82, 2.24) is 9.36 Å². The highest BCUT2D eigenvalue weighted by molar-refractivity contribution is 6.06. The quantitative estimate of drug-likeness (QED) is 0.570. The van der Waals surface area contributed by atoms with E-state index in [1.54, 1.807) is 31.2 Å². The number of hydrogen-bond acceptors (Lipinski definition) is 4. The van der Waals surface area contributed by atoms with Crippen molar-refractivity contribution in [2.75, 3.05) is 7.11 Å². The maximum atomic E-state index is 12.5. The van der Waals surface area contributed by atoms with Crippen molar-refractivity contribution in [3.05, 3.63) is 51.9 Å². The van der Waals surface area contributed by atoms with E-state index >= 15 is 0 Å². The van der Waals surface area contributed by atoms with Gasteiger partial charge in [-0.3, -0.25) is 14.4 Å². The van der Waals surface area contributed by atoms with Crippen molar-refractivity contribution in [1.29, 1.82) is 0 Å². The van der Waals surface area contributed by atoms with Crippen molar-refractivity contribution >= 4 is 11.9 Å². The Morgan fingerprint density at radius 2 is 1.90 bits per heavy atom. The van der Waals surface area contributed by atoms with E-state index in [1.165, 1.54) is 22.5 Å². The van der Waals surface area contributed by atoms with Crippen LogP contribution in [0.1, 0.15) is 22.0 Å². The number of aryl methyl sites for hydroxylation is 1. The number of fused-ring (bicyclic) bond motifs is 3. The summed E-state index contributed by atoms with van der Waals surface area (Å²) in [4.78, 5) is 36.5. The largest absolute Gasteiger partial charge is 0.468 e. The molecule has 6 heteroatoms. The number of nitrogens with zero attached hydrogens (tertiary/aromatic N) is 2. The second-order valence-corrected chi connectivity index (χ2v) is 4.60. The third kappa shape index (κ3) is 1.48. The highest BCUT2D eigenvalue weighted by Gasteiger charge is 2.39. The molecule has 2 aromatic rings. The molecule has 1 aliphatic heterocycles. The van der Waals surface area contributed by atoms with Crippen LogP contribution >= 0.6 is 0 Å². The fourth-order valence-corrected chi connectivity index (χ4v) is 2.58. The second kappa shape index (κ2) is 4.19. The number of esters is 1. The van der Waals surface area contributed by atoms with E-state index in [0.717, 1.165) is 0 Å². The molecule has 0 fully saturated rings. The van der Waals surface area contributed by atoms with Gasteiger partial charge in [-0.15, -0.1) is 0 Å². The van der Waals surface area contributed by atoms with Gasteiger partial charge in [-0.05, 0) is 13.0 Å². The molecular formula is C14H12N2O4. The van der Waals surface area contributed by atoms with Gasteiger partial charge >= 0.3 is 5.97 Å². The third-order valence-electron chi connectivity index (χ3n) is 3.44. The molecule has 1 aromatic heterocycles. The zero-order chi connectivity index (χ0) is 14.4. The molecule has 0 bridgehead atoms. The first kappa shape index (κ1) is 12.4. The SMILES string of the molecule is COC(=O)C1C(=O)n2c(C)cc(=O)n2-c2ccccc21. The molecule has 0 spiro atoms. The lowest BCUT2D eigenvalue weighted by molar-refractivity contribution is -0.141. The molecule has 102 valence electrons. The number of carbonyl (C=O) groups is 2. The molecule has 6 nitrogen and oxygen atoms in total. The molecule has 0 aliphatic carbocycles. The van der Waals surface area contributed by atoms with Crippen LogP contribution in [0.5, 0.6) is 0 Å². The Bertz CT molecular complexity index is 785. The van der Waals surface area contributed by atoms with Gasteiger partial charge in [0.05, 0.1) is 12.8 Å². The predicted molar refractivity (Wildman–Crippen MR) is 70.1 cm³/mol. The Morgan fingerprint density at radius 3 is 2.60 bits per heavy atom. The fraction of sp³-hybridized carbons (Fsp3) is 0.214. The van der Waals surface area contributed by atoms with E-state index in [4.69, 9.17) is 4.74 Å². The molecule has 0 radical (unpaired) electrons. The van der Waals surface area contributed by atoms with Crippen LogP contribution in [-0.4, -0.2) is 28.3 Å². The molecule has 1 aromatic carbocycles. The highest BCUT2D eigenvalue weighted by Crippen LogP contribution is 2.30. The molecular weight excluding hydrogens is 260 g/mol. The lowest BCUT2D eigenvalue weighted by atomic mass is 9.95. The smallest absolute Gasteiger partial charge is 0.322 e. The molecule has 20 heavy (non-hydrogen) atoms. The summed E-state index contributed by atoms with van der Waals surface area (Å²) in [6, 6.07) is 8.21. The van der Waals surface area contributed by atoms with Gasteiger partial charge in [0.2, 0.25) is 0 Å². The van der Waals surface area contributed by atoms with Gasteiger partial charge in [0.25, 0.3) is 11.5 Å². The Morgan fingerprint density at radius 1 is 1.20 bits per heavy atom. The van der Waals surface area contributed by atoms with Crippen molar-refractivity contribution < 1.29 is 14.3 Å². The maximum absolute atomic E-state index is 12.5. The predicted octanol–water partition coefficient (Wildman–Crippen LogP) is 0.858. The third-order valence-corrected chi connectivity index (χ3v) is 3.44. The molecule has 1 aliphatic rings. The normalized spacial score (nSPS) is 16.5. The van der Waals surface area contributed by atoms with E-state index in [2.05, 4.69) is 0 Å². The zero-order valence-electron chi connectivity index (χ0n) is 11.0. The summed E-state index contributed by atoms with van der Waals surface area (Å²) in [7, 11) is 1.24. The molecule has 3 rings (SSSR count). The summed E-state index contributed by atoms with van der Waals surface area (Å²) in [5, 5.41) is 0. The van der Waals surface area contributed by atoms with Gasteiger partial charge in [-0.2, -0.15) is 0 Å². The number of benzene rings is 1. The van der Waals surface area contributed by atoms with Crippen LogP contribution in [0.25, 0.3) is 5.69 Å². The number of methoxy groups -OCH3 is 1. The monoisotopic (exact) mass is 272 g/mol. The minimum atomic E-state index is -1.04. The van der Waals surface area contributed by atoms with Crippen LogP contribution in [0, 0.1) is 6.92 Å². The second-order valence-electron chi connectivity index (χ2n) is 4.60. The number of aromatic nitrogens is 2. The number of carbonyl (C=O) groups excluding carboxylic acids is 2. The minimum Gasteiger partial charge on any atom is -0.468 e. The standard InChI is InChI=1S/C14H12N2O4/c1-8-7-11(17)16-10-6-4-3-5-9(10)12(14(19)20-2)13(18)15(8)16/h3-7,12H,1-2H3. The molecule has 0 N–H and O–H groups in total. The fourth-order valence-electron chi connectivity index (χ4n) is 2.58. The summed E-state index contributed by atoms with van der Waals surface area (Å²) < 4.78 is 7.23. The molecule has 1 unspecified atom stereocenters. The topological polar surface area (TPSA) is 70.3 Å². The van der Waals surface area contributed by atoms with E-state index in [0.29, 0.717) is 16.9 Å². The Balaban J connectivity index is 2.38. The van der Waals surface area contributed by atoms with Crippen LogP contribution in [0.4, 0.5) is 0 Å². The summed E-state index contributed by atoms with van der Waals surface area (Å²) in [5.74, 6) is -2.15. The summed E-state index contributed by atoms with van der Waals surface area (Å²) >= 11 is 0. The van der Waals surface area contributed by atoms with Gasteiger partial charge in [0, 0.05) is 17.3 Å². The van der Waals surface area contributed by atoms with Crippen molar-refractivity contribution in [2.24, 2.45) is 0 Å². The van der Waals surface area contributed by atoms with Gasteiger partial charge in [0.15, 0.2) is 5.92 Å². The Hall–Kier alpha value is -2.63. The molecule has 0 saturated carbocycles. The first-order valence-corrected chi connectivity index (χ1v) is 6.09. The van der Waals surface area contributed by atoms with E-state index in [1.807, 2.05) is 0 Å². The van der Waals surface area contributed by atoms with Crippen molar-refractivity contribution in [2.45, 2.75) is 12.8 Å². The molecule has 0 amide bonds. The first-order chi connectivity index (χ1) is 9.56. The zero-order valence-corrected chi connectivity index (χ0v) is 11.0. The summed E-state index contributed by atoms with van der Waals surface area (Å²) in [6.07, 6.45) is 0. The lowest BCUT2D eigenvalue weighted by Crippen LogP contribution is -2.39. The molecule has 2 heterocycles. The summed E-state index contributed by atoms with van der Waals surface area (Å²) in [6.45, 7) is 1.65. The number of rotatable bonds is 1. The first-order valence-electron chi connectivity index (χ1n) is 6.09. The average Bonchev–Trinajstić information content (AvgIpc) is 2.74. The van der Waals surface area contributed by atoms with Crippen LogP contribution in [0.3, 0.4) is 0 Å². The van der Waals surface area contributed by atoms with E-state index < -0.39 is 17.8 Å². The number of ether oxygens (including phenoxy) is 1. The summed E-state index contributed by atoms with van der Waals surface area (Å²) in [5.41, 5.74) is 1.20. The minimum absolute atomic E-state index is 0.299. The van der Waals surface area contributed by atoms with Gasteiger partial charge < -0.3 is 4.74 Å². The van der Waals surface area contributed by atoms with Crippen molar-refractivity contribution in [3.63, 3.8) is 0 Å². The van der Waals surface area contributed by atoms with Crippen LogP contribution in [0.2, 0.25) is 0 Å². The molecule has 1 atom stereocenters. The average molecular weight is 272 g/mol. The number of para-hydroxylation sites is 1. The van der Waals surface area contributed by atoms with Crippen LogP contribution < -0.4 is 5.56 Å². The van der Waals surface area contributed by atoms with Crippen LogP contribution in [0.15, 0.2) is 35.1 Å². The van der Waals surface area contributed by atoms with Crippen molar-refractivity contribution in [3.8, 4) is 5.69 Å². The van der Waals surface area contributed by atoms with E-state index in [-0.39, 0.29) is 5.56 Å². The maximum Gasteiger partial charge on any atom is 0.322 e. The Labute approximate surface area is 114 Å². The lowest BCUT2D eigenvalue weighted by Gasteiger charge is -2.26. The molecule has 0 saturated heterocycles. The van der Waals surface area contributed by atoms with Gasteiger partial charge in [-0.25, -0.2) is 9.36 Å².